The van der Waals surface area contributed by atoms with Crippen LogP contribution in [0.5, 0.6) is 23.0 Å². The Labute approximate surface area is 209 Å². The van der Waals surface area contributed by atoms with E-state index >= 15 is 0 Å². The second kappa shape index (κ2) is 10.8. The lowest BCUT2D eigenvalue weighted by Gasteiger charge is -2.16. The van der Waals surface area contributed by atoms with Crippen molar-refractivity contribution in [2.45, 2.75) is 25.5 Å². The molecule has 0 N–H and O–H groups in total. The summed E-state index contributed by atoms with van der Waals surface area (Å²) in [4.78, 5) is 5.87. The number of thiazole rings is 1. The van der Waals surface area contributed by atoms with Gasteiger partial charge < -0.3 is 23.5 Å². The first kappa shape index (κ1) is 23.2. The zero-order valence-electron chi connectivity index (χ0n) is 19.8. The average molecular weight is 489 g/mol. The van der Waals surface area contributed by atoms with E-state index in [1.54, 1.807) is 25.6 Å². The van der Waals surface area contributed by atoms with Gasteiger partial charge in [-0.15, -0.1) is 11.3 Å². The van der Waals surface area contributed by atoms with E-state index in [-0.39, 0.29) is 6.10 Å². The molecule has 0 aliphatic carbocycles. The van der Waals surface area contributed by atoms with Crippen LogP contribution in [0.3, 0.4) is 0 Å². The Bertz CT molecular complexity index is 1320. The molecule has 4 aromatic rings. The topological polar surface area (TPSA) is 54.2 Å². The molecule has 180 valence electrons. The minimum atomic E-state index is 0.167. The Balaban J connectivity index is 1.51. The molecule has 6 nitrogen and oxygen atoms in total. The number of aromatic nitrogens is 1. The van der Waals surface area contributed by atoms with Crippen molar-refractivity contribution in [1.82, 2.24) is 4.57 Å². The van der Waals surface area contributed by atoms with Gasteiger partial charge in [-0.05, 0) is 67.4 Å². The van der Waals surface area contributed by atoms with Gasteiger partial charge in [-0.3, -0.25) is 0 Å². The van der Waals surface area contributed by atoms with Crippen LogP contribution in [0.2, 0.25) is 0 Å². The van der Waals surface area contributed by atoms with Crippen molar-refractivity contribution in [3.05, 3.63) is 83.0 Å². The highest BCUT2D eigenvalue weighted by Gasteiger charge is 2.20. The Morgan fingerprint density at radius 3 is 2.43 bits per heavy atom. The molecule has 1 aromatic heterocycles. The molecule has 0 saturated carbocycles. The third-order valence-corrected chi connectivity index (χ3v) is 6.79. The van der Waals surface area contributed by atoms with Gasteiger partial charge in [0.15, 0.2) is 4.80 Å². The lowest BCUT2D eigenvalue weighted by Crippen LogP contribution is -2.24. The van der Waals surface area contributed by atoms with E-state index in [1.807, 2.05) is 72.8 Å². The third kappa shape index (κ3) is 5.42. The van der Waals surface area contributed by atoms with E-state index in [0.29, 0.717) is 0 Å². The second-order valence-corrected chi connectivity index (χ2v) is 9.07. The van der Waals surface area contributed by atoms with Crippen LogP contribution in [0.4, 0.5) is 5.69 Å². The van der Waals surface area contributed by atoms with Crippen LogP contribution in [0, 0.1) is 0 Å². The summed E-state index contributed by atoms with van der Waals surface area (Å²) in [5, 5.41) is 2.12. The van der Waals surface area contributed by atoms with Crippen LogP contribution in [0.25, 0.3) is 11.3 Å². The number of ether oxygens (including phenoxy) is 4. The second-order valence-electron chi connectivity index (χ2n) is 8.24. The zero-order valence-corrected chi connectivity index (χ0v) is 20.7. The molecule has 3 aromatic carbocycles. The highest BCUT2D eigenvalue weighted by Crippen LogP contribution is 2.34. The van der Waals surface area contributed by atoms with Crippen LogP contribution < -0.4 is 19.0 Å². The summed E-state index contributed by atoms with van der Waals surface area (Å²) in [6, 6.07) is 23.4. The van der Waals surface area contributed by atoms with Crippen LogP contribution in [0.15, 0.2) is 83.2 Å². The van der Waals surface area contributed by atoms with Gasteiger partial charge in [0.25, 0.3) is 0 Å². The van der Waals surface area contributed by atoms with Crippen molar-refractivity contribution in [2.75, 3.05) is 20.8 Å². The maximum Gasteiger partial charge on any atom is 0.190 e. The predicted octanol–water partition coefficient (Wildman–Crippen LogP) is 6.44. The summed E-state index contributed by atoms with van der Waals surface area (Å²) >= 11 is 1.60. The largest absolute Gasteiger partial charge is 0.497 e. The molecule has 1 fully saturated rings. The highest BCUT2D eigenvalue weighted by atomic mass is 32.1. The van der Waals surface area contributed by atoms with Crippen molar-refractivity contribution >= 4 is 17.0 Å². The molecule has 7 heteroatoms. The van der Waals surface area contributed by atoms with Crippen LogP contribution in [-0.2, 0) is 11.3 Å². The minimum absolute atomic E-state index is 0.167. The van der Waals surface area contributed by atoms with Crippen molar-refractivity contribution in [2.24, 2.45) is 4.99 Å². The Morgan fingerprint density at radius 2 is 1.71 bits per heavy atom. The fourth-order valence-corrected chi connectivity index (χ4v) is 5.07. The molecule has 1 aliphatic heterocycles. The van der Waals surface area contributed by atoms with Gasteiger partial charge in [0.05, 0.1) is 38.2 Å². The maximum atomic E-state index is 5.97. The average Bonchev–Trinajstić information content (AvgIpc) is 3.56. The molecule has 0 radical (unpaired) electrons. The normalized spacial score (nSPS) is 15.8. The van der Waals surface area contributed by atoms with Gasteiger partial charge in [0.2, 0.25) is 0 Å². The Kier molecular flexibility index (Phi) is 7.16. The number of methoxy groups -OCH3 is 2. The molecule has 0 amide bonds. The molecule has 1 unspecified atom stereocenters. The van der Waals surface area contributed by atoms with Gasteiger partial charge in [0.1, 0.15) is 23.0 Å². The molecule has 1 aliphatic rings. The zero-order chi connectivity index (χ0) is 24.0. The number of hydrogen-bond donors (Lipinski definition) is 0. The van der Waals surface area contributed by atoms with Gasteiger partial charge in [-0.1, -0.05) is 18.2 Å². The summed E-state index contributed by atoms with van der Waals surface area (Å²) in [6.07, 6.45) is 2.30. The molecular weight excluding hydrogens is 460 g/mol. The fourth-order valence-electron chi connectivity index (χ4n) is 4.14. The fraction of sp³-hybridized carbons (Fsp3) is 0.250. The van der Waals surface area contributed by atoms with Gasteiger partial charge >= 0.3 is 0 Å². The Morgan fingerprint density at radius 1 is 0.943 bits per heavy atom. The predicted molar refractivity (Wildman–Crippen MR) is 138 cm³/mol. The summed E-state index contributed by atoms with van der Waals surface area (Å²) in [7, 11) is 3.36. The monoisotopic (exact) mass is 488 g/mol. The van der Waals surface area contributed by atoms with Crippen LogP contribution in [-0.4, -0.2) is 31.5 Å². The third-order valence-electron chi connectivity index (χ3n) is 5.93. The molecule has 1 atom stereocenters. The van der Waals surface area contributed by atoms with Gasteiger partial charge in [-0.2, -0.15) is 0 Å². The van der Waals surface area contributed by atoms with Crippen molar-refractivity contribution in [3.63, 3.8) is 0 Å². The van der Waals surface area contributed by atoms with Gasteiger partial charge in [0, 0.05) is 17.6 Å². The summed E-state index contributed by atoms with van der Waals surface area (Å²) in [6.45, 7) is 1.54. The number of hydrogen-bond acceptors (Lipinski definition) is 6. The lowest BCUT2D eigenvalue weighted by atomic mass is 10.1. The molecule has 1 saturated heterocycles. The SMILES string of the molecule is COc1ccc(OC)c(-c2csc(=Nc3ccc(Oc4ccccc4)cc3)n2CC2CCCO2)c1. The van der Waals surface area contributed by atoms with E-state index in [0.717, 1.165) is 70.7 Å². The first-order valence-corrected chi connectivity index (χ1v) is 12.5. The Hall–Kier alpha value is -3.55. The van der Waals surface area contributed by atoms with Crippen LogP contribution in [0.1, 0.15) is 12.8 Å². The molecule has 2 heterocycles. The van der Waals surface area contributed by atoms with Crippen molar-refractivity contribution < 1.29 is 18.9 Å². The van der Waals surface area contributed by atoms with E-state index in [9.17, 15) is 0 Å². The molecule has 0 bridgehead atoms. The first-order valence-electron chi connectivity index (χ1n) is 11.6. The summed E-state index contributed by atoms with van der Waals surface area (Å²) < 4.78 is 25.3. The number of benzene rings is 3. The first-order chi connectivity index (χ1) is 17.2. The quantitative estimate of drug-likeness (QED) is 0.286. The smallest absolute Gasteiger partial charge is 0.190 e. The molecular formula is C28H28N2O4S. The molecule has 0 spiro atoms. The maximum absolute atomic E-state index is 5.97. The van der Waals surface area contributed by atoms with E-state index in [4.69, 9.17) is 23.9 Å². The van der Waals surface area contributed by atoms with Gasteiger partial charge in [-0.25, -0.2) is 4.99 Å². The van der Waals surface area contributed by atoms with E-state index in [2.05, 4.69) is 9.95 Å². The van der Waals surface area contributed by atoms with E-state index in [1.165, 1.54) is 0 Å². The number of nitrogens with zero attached hydrogens (tertiary/aromatic N) is 2. The minimum Gasteiger partial charge on any atom is -0.497 e. The standard InChI is InChI=1S/C28H28N2O4S/c1-31-23-14-15-27(32-2)25(17-23)26-19-35-28(30(26)18-24-9-6-16-33-24)29-20-10-12-22(13-11-20)34-21-7-4-3-5-8-21/h3-5,7-8,10-15,17,19,24H,6,9,16,18H2,1-2H3. The summed E-state index contributed by atoms with van der Waals surface area (Å²) in [5.41, 5.74) is 2.86. The molecule has 35 heavy (non-hydrogen) atoms. The highest BCUT2D eigenvalue weighted by molar-refractivity contribution is 7.07. The van der Waals surface area contributed by atoms with Crippen molar-refractivity contribution in [1.29, 1.82) is 0 Å². The number of para-hydroxylation sites is 1. The van der Waals surface area contributed by atoms with Crippen LogP contribution >= 0.6 is 11.3 Å². The van der Waals surface area contributed by atoms with Crippen molar-refractivity contribution in [3.8, 4) is 34.3 Å². The summed E-state index contributed by atoms with van der Waals surface area (Å²) in [5.74, 6) is 3.15. The molecule has 5 rings (SSSR count). The lowest BCUT2D eigenvalue weighted by molar-refractivity contribution is 0.0968. The number of rotatable bonds is 8. The van der Waals surface area contributed by atoms with E-state index < -0.39 is 0 Å².